The van der Waals surface area contributed by atoms with Gasteiger partial charge < -0.3 is 10.0 Å². The lowest BCUT2D eigenvalue weighted by molar-refractivity contribution is 0.0688. The topological polar surface area (TPSA) is 105 Å². The van der Waals surface area contributed by atoms with Gasteiger partial charge in [0.1, 0.15) is 15.5 Å². The van der Waals surface area contributed by atoms with Crippen molar-refractivity contribution in [3.05, 3.63) is 29.6 Å². The maximum absolute atomic E-state index is 11.9. The zero-order valence-electron chi connectivity index (χ0n) is 10.5. The van der Waals surface area contributed by atoms with E-state index in [0.717, 1.165) is 12.5 Å². The highest BCUT2D eigenvalue weighted by molar-refractivity contribution is 7.90. The predicted octanol–water partition coefficient (Wildman–Crippen LogP) is -0.104. The van der Waals surface area contributed by atoms with Gasteiger partial charge in [-0.05, 0) is 12.1 Å². The van der Waals surface area contributed by atoms with Gasteiger partial charge in [-0.15, -0.1) is 0 Å². The normalized spacial score (nSPS) is 11.1. The van der Waals surface area contributed by atoms with E-state index in [4.69, 9.17) is 5.11 Å². The van der Waals surface area contributed by atoms with Gasteiger partial charge in [-0.25, -0.2) is 18.2 Å². The van der Waals surface area contributed by atoms with Gasteiger partial charge in [-0.1, -0.05) is 0 Å². The molecule has 1 aromatic heterocycles. The molecule has 0 atom stereocenters. The third kappa shape index (κ3) is 4.66. The number of carboxylic acid groups (broad SMARTS) is 1. The molecular weight excluding hydrogens is 272 g/mol. The minimum Gasteiger partial charge on any atom is -0.477 e. The van der Waals surface area contributed by atoms with Crippen LogP contribution in [-0.2, 0) is 9.84 Å². The third-order valence-electron chi connectivity index (χ3n) is 2.37. The predicted molar refractivity (Wildman–Crippen MR) is 67.9 cm³/mol. The van der Waals surface area contributed by atoms with Crippen molar-refractivity contribution in [2.75, 3.05) is 25.6 Å². The summed E-state index contributed by atoms with van der Waals surface area (Å²) in [4.78, 5) is 27.4. The van der Waals surface area contributed by atoms with E-state index < -0.39 is 21.7 Å². The number of carbonyl (C=O) groups excluding carboxylic acids is 1. The van der Waals surface area contributed by atoms with Crippen LogP contribution < -0.4 is 0 Å². The molecule has 0 aliphatic heterocycles. The lowest BCUT2D eigenvalue weighted by Crippen LogP contribution is -2.31. The molecule has 104 valence electrons. The summed E-state index contributed by atoms with van der Waals surface area (Å²) in [5, 5.41) is 8.67. The van der Waals surface area contributed by atoms with Crippen LogP contribution >= 0.6 is 0 Å². The first-order valence-electron chi connectivity index (χ1n) is 5.33. The van der Waals surface area contributed by atoms with E-state index in [2.05, 4.69) is 4.98 Å². The Morgan fingerprint density at radius 3 is 2.42 bits per heavy atom. The van der Waals surface area contributed by atoms with Gasteiger partial charge in [0.2, 0.25) is 0 Å². The number of amides is 1. The zero-order valence-corrected chi connectivity index (χ0v) is 11.3. The van der Waals surface area contributed by atoms with Crippen molar-refractivity contribution in [3.63, 3.8) is 0 Å². The van der Waals surface area contributed by atoms with Crippen molar-refractivity contribution >= 4 is 21.7 Å². The molecule has 0 aliphatic rings. The molecule has 0 radical (unpaired) electrons. The SMILES string of the molecule is CN(CCS(C)(=O)=O)C(=O)c1ccc(C(=O)O)nc1. The number of sulfone groups is 1. The van der Waals surface area contributed by atoms with Crippen LogP contribution in [-0.4, -0.2) is 60.9 Å². The first-order valence-corrected chi connectivity index (χ1v) is 7.39. The fraction of sp³-hybridized carbons (Fsp3) is 0.364. The Morgan fingerprint density at radius 1 is 1.37 bits per heavy atom. The smallest absolute Gasteiger partial charge is 0.354 e. The highest BCUT2D eigenvalue weighted by Gasteiger charge is 2.15. The number of aromatic carboxylic acids is 1. The highest BCUT2D eigenvalue weighted by Crippen LogP contribution is 2.04. The molecule has 0 saturated heterocycles. The van der Waals surface area contributed by atoms with E-state index in [1.54, 1.807) is 0 Å². The lowest BCUT2D eigenvalue weighted by atomic mass is 10.2. The average molecular weight is 286 g/mol. The Hall–Kier alpha value is -1.96. The summed E-state index contributed by atoms with van der Waals surface area (Å²) in [6.07, 6.45) is 2.25. The molecule has 1 amide bonds. The van der Waals surface area contributed by atoms with Crippen LogP contribution in [0.1, 0.15) is 20.8 Å². The first kappa shape index (κ1) is 15.1. The Kier molecular flexibility index (Phi) is 4.60. The molecule has 0 bridgehead atoms. The largest absolute Gasteiger partial charge is 0.477 e. The van der Waals surface area contributed by atoms with Crippen molar-refractivity contribution in [2.24, 2.45) is 0 Å². The second kappa shape index (κ2) is 5.79. The number of hydrogen-bond acceptors (Lipinski definition) is 5. The standard InChI is InChI=1S/C11H14N2O5S/c1-13(5-6-19(2,17)18)10(14)8-3-4-9(11(15)16)12-7-8/h3-4,7H,5-6H2,1-2H3,(H,15,16). The minimum atomic E-state index is -3.14. The van der Waals surface area contributed by atoms with Gasteiger partial charge in [-0.3, -0.25) is 4.79 Å². The number of nitrogens with zero attached hydrogens (tertiary/aromatic N) is 2. The Labute approximate surface area is 110 Å². The first-order chi connectivity index (χ1) is 8.70. The molecule has 0 aliphatic carbocycles. The van der Waals surface area contributed by atoms with Crippen molar-refractivity contribution in [2.45, 2.75) is 0 Å². The summed E-state index contributed by atoms with van der Waals surface area (Å²) in [6, 6.07) is 2.57. The van der Waals surface area contributed by atoms with E-state index in [-0.39, 0.29) is 23.6 Å². The van der Waals surface area contributed by atoms with Gasteiger partial charge in [0.05, 0.1) is 11.3 Å². The van der Waals surface area contributed by atoms with Crippen molar-refractivity contribution in [3.8, 4) is 0 Å². The van der Waals surface area contributed by atoms with Gasteiger partial charge in [-0.2, -0.15) is 0 Å². The number of carboxylic acids is 1. The van der Waals surface area contributed by atoms with E-state index in [1.165, 1.54) is 24.1 Å². The second-order valence-electron chi connectivity index (χ2n) is 4.09. The molecule has 1 heterocycles. The van der Waals surface area contributed by atoms with Crippen LogP contribution in [0, 0.1) is 0 Å². The van der Waals surface area contributed by atoms with E-state index >= 15 is 0 Å². The van der Waals surface area contributed by atoms with Crippen molar-refractivity contribution < 1.29 is 23.1 Å². The number of pyridine rings is 1. The number of rotatable bonds is 5. The van der Waals surface area contributed by atoms with Crippen molar-refractivity contribution in [1.29, 1.82) is 0 Å². The van der Waals surface area contributed by atoms with Gasteiger partial charge >= 0.3 is 5.97 Å². The molecule has 0 saturated carbocycles. The molecule has 1 N–H and O–H groups in total. The van der Waals surface area contributed by atoms with E-state index in [9.17, 15) is 18.0 Å². The lowest BCUT2D eigenvalue weighted by Gasteiger charge is -2.16. The Morgan fingerprint density at radius 2 is 2.00 bits per heavy atom. The summed E-state index contributed by atoms with van der Waals surface area (Å²) >= 11 is 0. The van der Waals surface area contributed by atoms with E-state index in [0.29, 0.717) is 0 Å². The minimum absolute atomic E-state index is 0.0678. The maximum Gasteiger partial charge on any atom is 0.354 e. The highest BCUT2D eigenvalue weighted by atomic mass is 32.2. The van der Waals surface area contributed by atoms with Crippen LogP contribution in [0.4, 0.5) is 0 Å². The molecule has 19 heavy (non-hydrogen) atoms. The van der Waals surface area contributed by atoms with Crippen molar-refractivity contribution in [1.82, 2.24) is 9.88 Å². The fourth-order valence-electron chi connectivity index (χ4n) is 1.27. The van der Waals surface area contributed by atoms with Gasteiger partial charge in [0.25, 0.3) is 5.91 Å². The summed E-state index contributed by atoms with van der Waals surface area (Å²) in [7, 11) is -1.67. The molecule has 7 nitrogen and oxygen atoms in total. The fourth-order valence-corrected chi connectivity index (χ4v) is 1.88. The molecule has 0 fully saturated rings. The zero-order chi connectivity index (χ0) is 14.6. The molecule has 8 heteroatoms. The summed E-state index contributed by atoms with van der Waals surface area (Å²) < 4.78 is 22.0. The molecular formula is C11H14N2O5S. The summed E-state index contributed by atoms with van der Waals surface area (Å²) in [5.74, 6) is -1.71. The van der Waals surface area contributed by atoms with Crippen LogP contribution in [0.5, 0.6) is 0 Å². The quantitative estimate of drug-likeness (QED) is 0.810. The third-order valence-corrected chi connectivity index (χ3v) is 3.30. The van der Waals surface area contributed by atoms with Gasteiger partial charge in [0.15, 0.2) is 0 Å². The number of carbonyl (C=O) groups is 2. The molecule has 1 aromatic rings. The monoisotopic (exact) mass is 286 g/mol. The van der Waals surface area contributed by atoms with Crippen LogP contribution in [0.15, 0.2) is 18.3 Å². The second-order valence-corrected chi connectivity index (χ2v) is 6.35. The number of hydrogen-bond donors (Lipinski definition) is 1. The molecule has 1 rings (SSSR count). The molecule has 0 unspecified atom stereocenters. The maximum atomic E-state index is 11.9. The molecule has 0 spiro atoms. The number of aromatic nitrogens is 1. The van der Waals surface area contributed by atoms with E-state index in [1.807, 2.05) is 0 Å². The Bertz CT molecular complexity index is 580. The van der Waals surface area contributed by atoms with Gasteiger partial charge in [0, 0.05) is 26.0 Å². The Balaban J connectivity index is 2.74. The molecule has 0 aromatic carbocycles. The van der Waals surface area contributed by atoms with Crippen LogP contribution in [0.25, 0.3) is 0 Å². The van der Waals surface area contributed by atoms with Crippen LogP contribution in [0.2, 0.25) is 0 Å². The summed E-state index contributed by atoms with van der Waals surface area (Å²) in [6.45, 7) is 0.0678. The van der Waals surface area contributed by atoms with Crippen LogP contribution in [0.3, 0.4) is 0 Å². The summed E-state index contributed by atoms with van der Waals surface area (Å²) in [5.41, 5.74) is 0.0522. The average Bonchev–Trinajstić information content (AvgIpc) is 2.34.